The number of nitrogens with one attached hydrogen (secondary N) is 1. The van der Waals surface area contributed by atoms with Crippen molar-refractivity contribution in [1.29, 1.82) is 0 Å². The lowest BCUT2D eigenvalue weighted by Crippen LogP contribution is -2.26. The van der Waals surface area contributed by atoms with E-state index in [9.17, 15) is 19.1 Å². The normalized spacial score (nSPS) is 13.1. The molecule has 0 unspecified atom stereocenters. The van der Waals surface area contributed by atoms with Crippen molar-refractivity contribution in [2.24, 2.45) is 0 Å². The van der Waals surface area contributed by atoms with E-state index in [0.717, 1.165) is 5.56 Å². The maximum atomic E-state index is 13.1. The molecule has 0 saturated carbocycles. The van der Waals surface area contributed by atoms with Crippen LogP contribution in [0.3, 0.4) is 0 Å². The molecule has 1 aliphatic rings. The van der Waals surface area contributed by atoms with Crippen molar-refractivity contribution in [2.75, 3.05) is 6.79 Å². The lowest BCUT2D eigenvalue weighted by Gasteiger charge is -2.19. The third-order valence-corrected chi connectivity index (χ3v) is 5.76. The largest absolute Gasteiger partial charge is 0.507 e. The summed E-state index contributed by atoms with van der Waals surface area (Å²) in [4.78, 5) is 25.9. The van der Waals surface area contributed by atoms with E-state index in [-0.39, 0.29) is 48.4 Å². The van der Waals surface area contributed by atoms with Gasteiger partial charge in [0, 0.05) is 18.9 Å². The molecule has 0 saturated heterocycles. The number of hydrogen-bond donors (Lipinski definition) is 2. The zero-order valence-electron chi connectivity index (χ0n) is 17.9. The first kappa shape index (κ1) is 21.5. The fraction of sp³-hybridized carbons (Fsp3) is 0.154. The Morgan fingerprint density at radius 2 is 1.79 bits per heavy atom. The third kappa shape index (κ3) is 4.17. The van der Waals surface area contributed by atoms with E-state index in [0.29, 0.717) is 22.4 Å². The van der Waals surface area contributed by atoms with Crippen LogP contribution in [0.1, 0.15) is 29.0 Å². The maximum Gasteiger partial charge on any atom is 0.343 e. The van der Waals surface area contributed by atoms with Gasteiger partial charge in [-0.3, -0.25) is 4.79 Å². The molecule has 1 amide bonds. The molecular formula is C26H20FNO6. The Labute approximate surface area is 193 Å². The highest BCUT2D eigenvalue weighted by Gasteiger charge is 2.28. The molecule has 8 heteroatoms. The van der Waals surface area contributed by atoms with Crippen molar-refractivity contribution in [3.63, 3.8) is 0 Å². The summed E-state index contributed by atoms with van der Waals surface area (Å²) in [7, 11) is 0. The van der Waals surface area contributed by atoms with E-state index in [1.54, 1.807) is 54.6 Å². The van der Waals surface area contributed by atoms with Gasteiger partial charge in [0.15, 0.2) is 11.5 Å². The van der Waals surface area contributed by atoms with Crippen LogP contribution >= 0.6 is 0 Å². The Bertz CT molecular complexity index is 1430. The number of carbonyl (C=O) groups excluding carboxylic acids is 1. The monoisotopic (exact) mass is 461 g/mol. The van der Waals surface area contributed by atoms with Crippen molar-refractivity contribution >= 4 is 16.9 Å². The molecule has 1 aromatic heterocycles. The molecule has 0 bridgehead atoms. The minimum atomic E-state index is -0.816. The van der Waals surface area contributed by atoms with Gasteiger partial charge in [0.25, 0.3) is 0 Å². The summed E-state index contributed by atoms with van der Waals surface area (Å²) in [5, 5.41) is 14.2. The van der Waals surface area contributed by atoms with Crippen LogP contribution in [0.5, 0.6) is 17.2 Å². The Hall–Kier alpha value is -4.33. The van der Waals surface area contributed by atoms with Crippen molar-refractivity contribution < 1.29 is 28.2 Å². The number of carbonyl (C=O) groups is 1. The van der Waals surface area contributed by atoms with E-state index < -0.39 is 11.5 Å². The minimum absolute atomic E-state index is 0.0190. The summed E-state index contributed by atoms with van der Waals surface area (Å²) in [6.45, 7) is 0.260. The smallest absolute Gasteiger partial charge is 0.343 e. The van der Waals surface area contributed by atoms with Crippen LogP contribution in [0.25, 0.3) is 11.0 Å². The average Bonchev–Trinajstić information content (AvgIpc) is 3.31. The first-order valence-electron chi connectivity index (χ1n) is 10.6. The average molecular weight is 461 g/mol. The second-order valence-corrected chi connectivity index (χ2v) is 7.92. The third-order valence-electron chi connectivity index (χ3n) is 5.76. The van der Waals surface area contributed by atoms with Crippen LogP contribution in [0.15, 0.2) is 75.9 Å². The maximum absolute atomic E-state index is 13.1. The standard InChI is InChI=1S/C26H20FNO6/c27-17-8-5-15(6-9-17)13-28-23(29)12-19(16-7-10-21-22(11-16)33-14-32-21)24-25(30)18-3-1-2-4-20(18)34-26(24)31/h1-11,19,30H,12-14H2,(H,28,29)/t19-/m0/s1. The van der Waals surface area contributed by atoms with Crippen LogP contribution in [0.4, 0.5) is 4.39 Å². The second kappa shape index (κ2) is 8.90. The van der Waals surface area contributed by atoms with E-state index >= 15 is 0 Å². The first-order valence-corrected chi connectivity index (χ1v) is 10.6. The number of halogens is 1. The Morgan fingerprint density at radius 1 is 1.03 bits per heavy atom. The van der Waals surface area contributed by atoms with Gasteiger partial charge in [0.2, 0.25) is 12.7 Å². The molecule has 0 radical (unpaired) electrons. The van der Waals surface area contributed by atoms with Crippen LogP contribution in [0, 0.1) is 5.82 Å². The molecule has 7 nitrogen and oxygen atoms in total. The minimum Gasteiger partial charge on any atom is -0.507 e. The number of hydrogen-bond acceptors (Lipinski definition) is 6. The van der Waals surface area contributed by atoms with Crippen molar-refractivity contribution in [3.8, 4) is 17.2 Å². The highest BCUT2D eigenvalue weighted by molar-refractivity contribution is 5.85. The molecular weight excluding hydrogens is 441 g/mol. The van der Waals surface area contributed by atoms with E-state index in [2.05, 4.69) is 5.32 Å². The molecule has 34 heavy (non-hydrogen) atoms. The molecule has 0 aliphatic carbocycles. The number of para-hydroxylation sites is 1. The Kier molecular flexibility index (Phi) is 5.63. The number of amides is 1. The number of rotatable bonds is 6. The van der Waals surface area contributed by atoms with Crippen molar-refractivity contribution in [2.45, 2.75) is 18.9 Å². The topological polar surface area (TPSA) is 98.0 Å². The van der Waals surface area contributed by atoms with E-state index in [1.807, 2.05) is 0 Å². The van der Waals surface area contributed by atoms with Crippen LogP contribution in [-0.4, -0.2) is 17.8 Å². The molecule has 0 fully saturated rings. The summed E-state index contributed by atoms with van der Waals surface area (Å²) in [6, 6.07) is 17.5. The fourth-order valence-electron chi connectivity index (χ4n) is 4.03. The number of benzene rings is 3. The Balaban J connectivity index is 1.50. The zero-order valence-corrected chi connectivity index (χ0v) is 17.9. The van der Waals surface area contributed by atoms with E-state index in [1.165, 1.54) is 12.1 Å². The van der Waals surface area contributed by atoms with Crippen molar-refractivity contribution in [1.82, 2.24) is 5.32 Å². The van der Waals surface area contributed by atoms with Crippen LogP contribution in [0.2, 0.25) is 0 Å². The van der Waals surface area contributed by atoms with Gasteiger partial charge >= 0.3 is 5.63 Å². The summed E-state index contributed by atoms with van der Waals surface area (Å²) in [5.74, 6) is -0.739. The molecule has 2 N–H and O–H groups in total. The summed E-state index contributed by atoms with van der Waals surface area (Å²) in [6.07, 6.45) is -0.141. The van der Waals surface area contributed by atoms with Gasteiger partial charge in [-0.15, -0.1) is 0 Å². The predicted molar refractivity (Wildman–Crippen MR) is 121 cm³/mol. The molecule has 4 aromatic rings. The molecule has 1 aliphatic heterocycles. The highest BCUT2D eigenvalue weighted by atomic mass is 19.1. The van der Waals surface area contributed by atoms with Gasteiger partial charge in [-0.25, -0.2) is 9.18 Å². The molecule has 0 spiro atoms. The lowest BCUT2D eigenvalue weighted by atomic mass is 9.87. The summed E-state index contributed by atoms with van der Waals surface area (Å²) >= 11 is 0. The van der Waals surface area contributed by atoms with Crippen molar-refractivity contribution in [3.05, 3.63) is 99.7 Å². The van der Waals surface area contributed by atoms with Gasteiger partial charge in [-0.05, 0) is 47.5 Å². The number of ether oxygens (including phenoxy) is 2. The number of fused-ring (bicyclic) bond motifs is 2. The van der Waals surface area contributed by atoms with Gasteiger partial charge in [-0.1, -0.05) is 30.3 Å². The van der Waals surface area contributed by atoms with Gasteiger partial charge in [0.1, 0.15) is 17.1 Å². The molecule has 5 rings (SSSR count). The molecule has 172 valence electrons. The molecule has 2 heterocycles. The van der Waals surface area contributed by atoms with Crippen LogP contribution < -0.4 is 20.4 Å². The van der Waals surface area contributed by atoms with Crippen LogP contribution in [-0.2, 0) is 11.3 Å². The fourth-order valence-corrected chi connectivity index (χ4v) is 4.03. The summed E-state index contributed by atoms with van der Waals surface area (Å²) in [5.41, 5.74) is 0.806. The molecule has 1 atom stereocenters. The predicted octanol–water partition coefficient (Wildman–Crippen LogP) is 4.20. The zero-order chi connectivity index (χ0) is 23.7. The Morgan fingerprint density at radius 3 is 2.62 bits per heavy atom. The second-order valence-electron chi connectivity index (χ2n) is 7.92. The van der Waals surface area contributed by atoms with Gasteiger partial charge in [0.05, 0.1) is 10.9 Å². The first-order chi connectivity index (χ1) is 16.5. The lowest BCUT2D eigenvalue weighted by molar-refractivity contribution is -0.121. The van der Waals surface area contributed by atoms with E-state index in [4.69, 9.17) is 13.9 Å². The quantitative estimate of drug-likeness (QED) is 0.418. The highest BCUT2D eigenvalue weighted by Crippen LogP contribution is 2.40. The number of aromatic hydroxyl groups is 1. The molecule has 3 aromatic carbocycles. The SMILES string of the molecule is O=C(C[C@@H](c1ccc2c(c1)OCO2)c1c(O)c2ccccc2oc1=O)NCc1ccc(F)cc1. The van der Waals surface area contributed by atoms with Gasteiger partial charge in [-0.2, -0.15) is 0 Å². The summed E-state index contributed by atoms with van der Waals surface area (Å²) < 4.78 is 29.4. The van der Waals surface area contributed by atoms with Gasteiger partial charge < -0.3 is 24.3 Å².